The van der Waals surface area contributed by atoms with Crippen LogP contribution in [0.15, 0.2) is 11.6 Å². The van der Waals surface area contributed by atoms with Crippen molar-refractivity contribution in [2.24, 2.45) is 62.6 Å². The molecule has 5 aliphatic rings. The van der Waals surface area contributed by atoms with E-state index in [9.17, 15) is 9.90 Å². The van der Waals surface area contributed by atoms with Gasteiger partial charge in [-0.1, -0.05) is 80.9 Å². The van der Waals surface area contributed by atoms with E-state index in [2.05, 4.69) is 87.6 Å². The van der Waals surface area contributed by atoms with E-state index in [4.69, 9.17) is 14.2 Å². The fraction of sp³-hybridized carbons (Fsp3) is 0.923. The number of nitrogens with one attached hydrogen (secondary N) is 1. The van der Waals surface area contributed by atoms with Crippen molar-refractivity contribution in [2.45, 2.75) is 132 Å². The summed E-state index contributed by atoms with van der Waals surface area (Å²) in [5.74, 6) is 1.08. The summed E-state index contributed by atoms with van der Waals surface area (Å²) in [6, 6.07) is 0. The lowest BCUT2D eigenvalue weighted by Gasteiger charge is -2.71. The van der Waals surface area contributed by atoms with Crippen molar-refractivity contribution in [3.05, 3.63) is 11.6 Å². The summed E-state index contributed by atoms with van der Waals surface area (Å²) in [5, 5.41) is 14.7. The second kappa shape index (κ2) is 11.9. The van der Waals surface area contributed by atoms with E-state index in [1.54, 1.807) is 5.57 Å². The van der Waals surface area contributed by atoms with Crippen LogP contribution in [0, 0.1) is 62.6 Å². The Hall–Kier alpha value is -0.950. The number of rotatable bonds is 10. The van der Waals surface area contributed by atoms with Crippen molar-refractivity contribution in [3.8, 4) is 0 Å². The fourth-order valence-corrected chi connectivity index (χ4v) is 12.2. The zero-order valence-corrected chi connectivity index (χ0v) is 30.8. The van der Waals surface area contributed by atoms with E-state index >= 15 is 0 Å². The van der Waals surface area contributed by atoms with Crippen LogP contribution in [0.2, 0.25) is 0 Å². The first-order valence-corrected chi connectivity index (χ1v) is 18.3. The average Bonchev–Trinajstić information content (AvgIpc) is 2.96. The number of aliphatic carboxylic acids is 1. The Labute approximate surface area is 275 Å². The second-order valence-corrected chi connectivity index (χ2v) is 18.2. The molecule has 4 aliphatic carbocycles. The van der Waals surface area contributed by atoms with Crippen LogP contribution in [0.3, 0.4) is 0 Å². The highest BCUT2D eigenvalue weighted by Crippen LogP contribution is 2.75. The average molecular weight is 630 g/mol. The number of ether oxygens (including phenoxy) is 3. The summed E-state index contributed by atoms with van der Waals surface area (Å²) in [7, 11) is 1.87. The van der Waals surface area contributed by atoms with Crippen molar-refractivity contribution in [2.75, 3.05) is 33.5 Å². The monoisotopic (exact) mass is 630 g/mol. The molecule has 1 saturated heterocycles. The van der Waals surface area contributed by atoms with Crippen LogP contribution >= 0.6 is 0 Å². The van der Waals surface area contributed by atoms with Crippen LogP contribution in [0.5, 0.6) is 0 Å². The molecule has 258 valence electrons. The maximum absolute atomic E-state index is 13.4. The number of methoxy groups -OCH3 is 1. The molecule has 0 spiro atoms. The highest BCUT2D eigenvalue weighted by Gasteiger charge is 2.71. The largest absolute Gasteiger partial charge is 0.481 e. The number of carbonyl (C=O) groups is 1. The molecule has 2 N–H and O–H groups in total. The van der Waals surface area contributed by atoms with Crippen molar-refractivity contribution in [1.82, 2.24) is 5.32 Å². The van der Waals surface area contributed by atoms with E-state index in [0.29, 0.717) is 42.8 Å². The number of likely N-dealkylation sites (N-methyl/N-ethyl adjacent to an activating group) is 1. The Morgan fingerprint density at radius 2 is 1.78 bits per heavy atom. The van der Waals surface area contributed by atoms with E-state index in [1.165, 1.54) is 0 Å². The van der Waals surface area contributed by atoms with E-state index in [1.807, 2.05) is 7.11 Å². The number of hydrogen-bond acceptors (Lipinski definition) is 5. The zero-order valence-electron chi connectivity index (χ0n) is 30.8. The molecule has 0 aromatic carbocycles. The van der Waals surface area contributed by atoms with E-state index in [0.717, 1.165) is 51.7 Å². The summed E-state index contributed by atoms with van der Waals surface area (Å²) >= 11 is 0. The highest BCUT2D eigenvalue weighted by atomic mass is 16.5. The minimum Gasteiger partial charge on any atom is -0.481 e. The number of hydrogen-bond donors (Lipinski definition) is 2. The van der Waals surface area contributed by atoms with Crippen LogP contribution in [-0.2, 0) is 19.0 Å². The van der Waals surface area contributed by atoms with Gasteiger partial charge in [-0.3, -0.25) is 4.79 Å². The summed E-state index contributed by atoms with van der Waals surface area (Å²) in [6.07, 6.45) is 8.53. The van der Waals surface area contributed by atoms with E-state index < -0.39 is 5.97 Å². The van der Waals surface area contributed by atoms with Gasteiger partial charge < -0.3 is 24.6 Å². The predicted molar refractivity (Wildman–Crippen MR) is 181 cm³/mol. The number of fused-ring (bicyclic) bond motifs is 3. The number of carboxylic acids is 1. The van der Waals surface area contributed by atoms with Gasteiger partial charge in [-0.2, -0.15) is 0 Å². The molecule has 0 radical (unpaired) electrons. The van der Waals surface area contributed by atoms with Gasteiger partial charge in [0.2, 0.25) is 0 Å². The van der Waals surface area contributed by atoms with Gasteiger partial charge in [-0.05, 0) is 97.8 Å². The third kappa shape index (κ3) is 4.95. The molecule has 5 rings (SSSR count). The molecule has 2 bridgehead atoms. The Bertz CT molecular complexity index is 1150. The van der Waals surface area contributed by atoms with Gasteiger partial charge in [0, 0.05) is 23.5 Å². The van der Waals surface area contributed by atoms with Crippen molar-refractivity contribution >= 4 is 5.97 Å². The Morgan fingerprint density at radius 1 is 1.09 bits per heavy atom. The standard InChI is InChI=1S/C39H67NO5/c1-13-40-38(11,25(4)5)22-45-32-29(43-12)20-39-23-44-21-35(32,8)30(39)15-14-27-28(39)16-17-37(10)31(33(41)42)34(7,26(6)24(2)3)18-19-36(27,37)9/h16,24-27,29-32,40H,13-15,17-23H2,1-12H3,(H,41,42)/t26-,27+,29-,30+,31-,32+,34-,35?,36-,37+,38+,39+/m1/s1. The van der Waals surface area contributed by atoms with Gasteiger partial charge in [0.1, 0.15) is 0 Å². The summed E-state index contributed by atoms with van der Waals surface area (Å²) in [6.45, 7) is 28.3. The topological polar surface area (TPSA) is 77.0 Å². The van der Waals surface area contributed by atoms with Gasteiger partial charge in [-0.25, -0.2) is 0 Å². The van der Waals surface area contributed by atoms with Crippen molar-refractivity contribution in [3.63, 3.8) is 0 Å². The molecular formula is C39H67NO5. The molecule has 1 heterocycles. The molecular weight excluding hydrogens is 562 g/mol. The maximum Gasteiger partial charge on any atom is 0.307 e. The first-order chi connectivity index (χ1) is 20.9. The first kappa shape index (κ1) is 35.4. The molecule has 0 amide bonds. The van der Waals surface area contributed by atoms with Crippen molar-refractivity contribution < 1.29 is 24.1 Å². The number of carboxylic acid groups (broad SMARTS) is 1. The smallest absolute Gasteiger partial charge is 0.307 e. The lowest BCUT2D eigenvalue weighted by molar-refractivity contribution is -0.270. The Balaban J connectivity index is 1.53. The van der Waals surface area contributed by atoms with Crippen LogP contribution in [-0.4, -0.2) is 62.3 Å². The molecule has 0 aromatic heterocycles. The Kier molecular flexibility index (Phi) is 9.33. The van der Waals surface area contributed by atoms with Crippen LogP contribution in [0.1, 0.15) is 115 Å². The normalized spacial score (nSPS) is 46.4. The highest BCUT2D eigenvalue weighted by molar-refractivity contribution is 5.73. The van der Waals surface area contributed by atoms with Crippen LogP contribution < -0.4 is 5.32 Å². The molecule has 4 fully saturated rings. The van der Waals surface area contributed by atoms with Gasteiger partial charge in [0.25, 0.3) is 0 Å². The lowest BCUT2D eigenvalue weighted by atomic mass is 9.34. The van der Waals surface area contributed by atoms with Crippen LogP contribution in [0.25, 0.3) is 0 Å². The van der Waals surface area contributed by atoms with Crippen LogP contribution in [0.4, 0.5) is 0 Å². The third-order valence-corrected chi connectivity index (χ3v) is 15.8. The quantitative estimate of drug-likeness (QED) is 0.239. The summed E-state index contributed by atoms with van der Waals surface area (Å²) < 4.78 is 20.1. The first-order valence-electron chi connectivity index (χ1n) is 18.3. The molecule has 0 aromatic rings. The van der Waals surface area contributed by atoms with Crippen molar-refractivity contribution in [1.29, 1.82) is 0 Å². The SMILES string of the molecule is CCN[C@@](C)(CO[C@H]1[C@H](OC)C[C@@]23COCC1(C)[C@@H]2CC[C@H]1C3=CC[C@@]2(C)[C@H](C(=O)O)[C@@](C)([C@H](C)C(C)C)CC[C@]12C)C(C)C. The molecule has 12 atom stereocenters. The minimum atomic E-state index is -0.598. The zero-order chi connectivity index (χ0) is 33.4. The molecule has 1 aliphatic heterocycles. The van der Waals surface area contributed by atoms with Gasteiger partial charge in [0.15, 0.2) is 0 Å². The van der Waals surface area contributed by atoms with E-state index in [-0.39, 0.29) is 50.7 Å². The molecule has 45 heavy (non-hydrogen) atoms. The fourth-order valence-electron chi connectivity index (χ4n) is 12.2. The summed E-state index contributed by atoms with van der Waals surface area (Å²) in [4.78, 5) is 13.4. The number of allylic oxidation sites excluding steroid dienone is 1. The lowest BCUT2D eigenvalue weighted by Crippen LogP contribution is -2.70. The third-order valence-electron chi connectivity index (χ3n) is 15.8. The van der Waals surface area contributed by atoms with Gasteiger partial charge in [0.05, 0.1) is 37.9 Å². The predicted octanol–water partition coefficient (Wildman–Crippen LogP) is 8.00. The Morgan fingerprint density at radius 3 is 2.36 bits per heavy atom. The molecule has 6 nitrogen and oxygen atoms in total. The minimum absolute atomic E-state index is 0.0118. The molecule has 6 heteroatoms. The van der Waals surface area contributed by atoms with Gasteiger partial charge >= 0.3 is 5.97 Å². The maximum atomic E-state index is 13.4. The van der Waals surface area contributed by atoms with Gasteiger partial charge in [-0.15, -0.1) is 0 Å². The molecule has 1 unspecified atom stereocenters. The second-order valence-electron chi connectivity index (χ2n) is 18.2. The summed E-state index contributed by atoms with van der Waals surface area (Å²) in [5.41, 5.74) is 0.596. The molecule has 3 saturated carbocycles.